The van der Waals surface area contributed by atoms with Gasteiger partial charge in [-0.05, 0) is 30.4 Å². The minimum absolute atomic E-state index is 0.478. The number of hydrogen-bond donors (Lipinski definition) is 0. The first kappa shape index (κ1) is 10.9. The van der Waals surface area contributed by atoms with Gasteiger partial charge in [-0.1, -0.05) is 13.8 Å². The van der Waals surface area contributed by atoms with Crippen molar-refractivity contribution in [1.29, 1.82) is 5.26 Å². The fourth-order valence-corrected chi connectivity index (χ4v) is 2.34. The van der Waals surface area contributed by atoms with Crippen molar-refractivity contribution in [3.05, 3.63) is 23.9 Å². The maximum absolute atomic E-state index is 8.70. The number of rotatable bonds is 2. The van der Waals surface area contributed by atoms with Gasteiger partial charge in [0.25, 0.3) is 0 Å². The van der Waals surface area contributed by atoms with Crippen LogP contribution in [0.3, 0.4) is 0 Å². The topological polar surface area (TPSA) is 39.9 Å². The third-order valence-corrected chi connectivity index (χ3v) is 3.36. The summed E-state index contributed by atoms with van der Waals surface area (Å²) < 4.78 is 0. The van der Waals surface area contributed by atoms with E-state index in [1.54, 1.807) is 6.20 Å². The Balaban J connectivity index is 2.05. The van der Waals surface area contributed by atoms with Crippen molar-refractivity contribution in [3.63, 3.8) is 0 Å². The van der Waals surface area contributed by atoms with E-state index < -0.39 is 0 Å². The summed E-state index contributed by atoms with van der Waals surface area (Å²) in [6.45, 7) is 4.59. The molecule has 0 radical (unpaired) electrons. The van der Waals surface area contributed by atoms with Gasteiger partial charge in [0, 0.05) is 19.3 Å². The van der Waals surface area contributed by atoms with Crippen molar-refractivity contribution in [2.24, 2.45) is 5.41 Å². The molecule has 0 N–H and O–H groups in total. The van der Waals surface area contributed by atoms with Gasteiger partial charge < -0.3 is 4.90 Å². The Kier molecular flexibility index (Phi) is 2.59. The average Bonchev–Trinajstić information content (AvgIpc) is 2.25. The molecule has 1 fully saturated rings. The summed E-state index contributed by atoms with van der Waals surface area (Å²) in [6, 6.07) is 6.42. The van der Waals surface area contributed by atoms with Crippen molar-refractivity contribution >= 4 is 5.82 Å². The molecular weight excluding hydrogens is 198 g/mol. The zero-order valence-corrected chi connectivity index (χ0v) is 10.1. The van der Waals surface area contributed by atoms with Gasteiger partial charge in [0.05, 0.1) is 5.56 Å². The van der Waals surface area contributed by atoms with E-state index in [0.29, 0.717) is 17.0 Å². The maximum atomic E-state index is 8.70. The fourth-order valence-electron chi connectivity index (χ4n) is 2.34. The molecule has 0 saturated heterocycles. The number of aromatic nitrogens is 1. The lowest BCUT2D eigenvalue weighted by Gasteiger charge is -2.47. The summed E-state index contributed by atoms with van der Waals surface area (Å²) in [7, 11) is 2.08. The summed E-state index contributed by atoms with van der Waals surface area (Å²) in [5.74, 6) is 0.958. The number of nitriles is 1. The van der Waals surface area contributed by atoms with Crippen molar-refractivity contribution in [1.82, 2.24) is 4.98 Å². The largest absolute Gasteiger partial charge is 0.357 e. The molecule has 1 aliphatic carbocycles. The molecule has 84 valence electrons. The summed E-state index contributed by atoms with van der Waals surface area (Å²) in [4.78, 5) is 6.52. The smallest absolute Gasteiger partial charge is 0.128 e. The molecule has 1 saturated carbocycles. The highest BCUT2D eigenvalue weighted by molar-refractivity contribution is 5.42. The lowest BCUT2D eigenvalue weighted by atomic mass is 9.68. The Hall–Kier alpha value is -1.56. The molecule has 3 nitrogen and oxygen atoms in total. The molecule has 3 heteroatoms. The van der Waals surface area contributed by atoms with Crippen LogP contribution in [0.5, 0.6) is 0 Å². The second kappa shape index (κ2) is 3.79. The first-order chi connectivity index (χ1) is 7.52. The zero-order chi connectivity index (χ0) is 11.8. The Morgan fingerprint density at radius 1 is 1.44 bits per heavy atom. The van der Waals surface area contributed by atoms with Crippen LogP contribution in [0.25, 0.3) is 0 Å². The Labute approximate surface area is 96.7 Å². The average molecular weight is 215 g/mol. The minimum Gasteiger partial charge on any atom is -0.357 e. The van der Waals surface area contributed by atoms with Gasteiger partial charge in [-0.15, -0.1) is 0 Å². The SMILES string of the molecule is CN(c1ccc(C#N)cn1)C1CC(C)(C)C1. The second-order valence-electron chi connectivity index (χ2n) is 5.35. The molecule has 16 heavy (non-hydrogen) atoms. The van der Waals surface area contributed by atoms with Crippen LogP contribution in [-0.2, 0) is 0 Å². The maximum Gasteiger partial charge on any atom is 0.128 e. The Bertz CT molecular complexity index is 406. The van der Waals surface area contributed by atoms with Gasteiger partial charge >= 0.3 is 0 Å². The van der Waals surface area contributed by atoms with Crippen LogP contribution in [-0.4, -0.2) is 18.1 Å². The van der Waals surface area contributed by atoms with Crippen LogP contribution in [0.15, 0.2) is 18.3 Å². The van der Waals surface area contributed by atoms with E-state index in [4.69, 9.17) is 5.26 Å². The first-order valence-corrected chi connectivity index (χ1v) is 5.61. The lowest BCUT2D eigenvalue weighted by Crippen LogP contribution is -2.47. The first-order valence-electron chi connectivity index (χ1n) is 5.61. The van der Waals surface area contributed by atoms with Crippen LogP contribution in [0.2, 0.25) is 0 Å². The molecule has 2 rings (SSSR count). The predicted octanol–water partition coefficient (Wildman–Crippen LogP) is 2.58. The summed E-state index contributed by atoms with van der Waals surface area (Å²) in [6.07, 6.45) is 4.06. The Morgan fingerprint density at radius 3 is 2.56 bits per heavy atom. The molecule has 0 aromatic carbocycles. The van der Waals surface area contributed by atoms with E-state index in [9.17, 15) is 0 Å². The van der Waals surface area contributed by atoms with E-state index in [1.807, 2.05) is 12.1 Å². The van der Waals surface area contributed by atoms with Crippen LogP contribution in [0, 0.1) is 16.7 Å². The number of nitrogens with zero attached hydrogens (tertiary/aromatic N) is 3. The van der Waals surface area contributed by atoms with Gasteiger partial charge in [0.15, 0.2) is 0 Å². The number of pyridine rings is 1. The molecule has 0 spiro atoms. The van der Waals surface area contributed by atoms with Crippen LogP contribution in [0.1, 0.15) is 32.3 Å². The van der Waals surface area contributed by atoms with Gasteiger partial charge in [-0.25, -0.2) is 4.98 Å². The highest BCUT2D eigenvalue weighted by atomic mass is 15.2. The standard InChI is InChI=1S/C13H17N3/c1-13(2)6-11(7-13)16(3)12-5-4-10(8-14)9-15-12/h4-5,9,11H,6-7H2,1-3H3. The summed E-state index contributed by atoms with van der Waals surface area (Å²) in [5, 5.41) is 8.70. The molecule has 0 bridgehead atoms. The van der Waals surface area contributed by atoms with Crippen molar-refractivity contribution in [2.45, 2.75) is 32.7 Å². The van der Waals surface area contributed by atoms with Crippen molar-refractivity contribution in [3.8, 4) is 6.07 Å². The van der Waals surface area contributed by atoms with E-state index in [0.717, 1.165) is 5.82 Å². The van der Waals surface area contributed by atoms with Gasteiger partial charge in [0.2, 0.25) is 0 Å². The summed E-state index contributed by atoms with van der Waals surface area (Å²) >= 11 is 0. The van der Waals surface area contributed by atoms with Crippen LogP contribution in [0.4, 0.5) is 5.82 Å². The lowest BCUT2D eigenvalue weighted by molar-refractivity contribution is 0.150. The molecule has 0 unspecified atom stereocenters. The second-order valence-corrected chi connectivity index (χ2v) is 5.35. The van der Waals surface area contributed by atoms with Crippen molar-refractivity contribution < 1.29 is 0 Å². The van der Waals surface area contributed by atoms with Crippen molar-refractivity contribution in [2.75, 3.05) is 11.9 Å². The fraction of sp³-hybridized carbons (Fsp3) is 0.538. The van der Waals surface area contributed by atoms with Crippen LogP contribution < -0.4 is 4.90 Å². The molecular formula is C13H17N3. The third kappa shape index (κ3) is 2.01. The molecule has 1 heterocycles. The predicted molar refractivity (Wildman–Crippen MR) is 64.2 cm³/mol. The highest BCUT2D eigenvalue weighted by Gasteiger charge is 2.38. The van der Waals surface area contributed by atoms with Gasteiger partial charge in [-0.3, -0.25) is 0 Å². The highest BCUT2D eigenvalue weighted by Crippen LogP contribution is 2.43. The molecule has 1 aromatic heterocycles. The quantitative estimate of drug-likeness (QED) is 0.761. The van der Waals surface area contributed by atoms with Gasteiger partial charge in [-0.2, -0.15) is 5.26 Å². The molecule has 0 amide bonds. The van der Waals surface area contributed by atoms with E-state index in [2.05, 4.69) is 36.8 Å². The molecule has 0 atom stereocenters. The number of anilines is 1. The zero-order valence-electron chi connectivity index (χ0n) is 10.1. The van der Waals surface area contributed by atoms with E-state index in [-0.39, 0.29) is 0 Å². The number of hydrogen-bond acceptors (Lipinski definition) is 3. The Morgan fingerprint density at radius 2 is 2.12 bits per heavy atom. The van der Waals surface area contributed by atoms with Crippen LogP contribution >= 0.6 is 0 Å². The monoisotopic (exact) mass is 215 g/mol. The summed E-state index contributed by atoms with van der Waals surface area (Å²) in [5.41, 5.74) is 1.09. The molecule has 1 aliphatic rings. The molecule has 0 aliphatic heterocycles. The van der Waals surface area contributed by atoms with E-state index >= 15 is 0 Å². The third-order valence-electron chi connectivity index (χ3n) is 3.36. The van der Waals surface area contributed by atoms with Gasteiger partial charge in [0.1, 0.15) is 11.9 Å². The normalized spacial score (nSPS) is 18.6. The molecule has 1 aromatic rings. The van der Waals surface area contributed by atoms with E-state index in [1.165, 1.54) is 12.8 Å². The minimum atomic E-state index is 0.478.